The van der Waals surface area contributed by atoms with E-state index in [2.05, 4.69) is 15.8 Å². The minimum Gasteiger partial charge on any atom is -0.466 e. The molecule has 1 unspecified atom stereocenters. The van der Waals surface area contributed by atoms with Crippen molar-refractivity contribution in [3.8, 4) is 0 Å². The normalized spacial score (nSPS) is 24.4. The van der Waals surface area contributed by atoms with Crippen LogP contribution in [0.25, 0.3) is 0 Å². The first-order chi connectivity index (χ1) is 8.81. The summed E-state index contributed by atoms with van der Waals surface area (Å²) in [7, 11) is 0. The molecule has 0 radical (unpaired) electrons. The molecule has 5 heteroatoms. The van der Waals surface area contributed by atoms with E-state index in [4.69, 9.17) is 4.74 Å². The molecule has 94 valence electrons. The predicted molar refractivity (Wildman–Crippen MR) is 67.6 cm³/mol. The second-order valence-electron chi connectivity index (χ2n) is 4.42. The maximum Gasteiger partial charge on any atom is 0.313 e. The number of nitrogens with one attached hydrogen (secondary N) is 2. The molecule has 0 bridgehead atoms. The molecule has 0 amide bonds. The maximum absolute atomic E-state index is 12.0. The Labute approximate surface area is 105 Å². The molecule has 3 rings (SSSR count). The highest BCUT2D eigenvalue weighted by Gasteiger charge is 2.37. The van der Waals surface area contributed by atoms with Crippen LogP contribution in [-0.2, 0) is 9.53 Å². The first-order valence-corrected chi connectivity index (χ1v) is 6.12. The van der Waals surface area contributed by atoms with Crippen molar-refractivity contribution in [2.75, 3.05) is 13.2 Å². The van der Waals surface area contributed by atoms with Crippen LogP contribution in [-0.4, -0.2) is 25.3 Å². The average Bonchev–Trinajstić information content (AvgIpc) is 2.60. The van der Waals surface area contributed by atoms with Gasteiger partial charge in [-0.2, -0.15) is 0 Å². The van der Waals surface area contributed by atoms with Gasteiger partial charge in [0.15, 0.2) is 0 Å². The van der Waals surface area contributed by atoms with Gasteiger partial charge in [0.1, 0.15) is 0 Å². The third-order valence-electron chi connectivity index (χ3n) is 3.39. The van der Waals surface area contributed by atoms with Crippen molar-refractivity contribution >= 4 is 12.2 Å². The van der Waals surface area contributed by atoms with Crippen molar-refractivity contribution in [1.29, 1.82) is 0 Å². The zero-order valence-electron chi connectivity index (χ0n) is 10.2. The molecule has 0 saturated heterocycles. The molecule has 5 nitrogen and oxygen atoms in total. The van der Waals surface area contributed by atoms with Crippen LogP contribution in [0.4, 0.5) is 0 Å². The van der Waals surface area contributed by atoms with Crippen molar-refractivity contribution in [3.05, 3.63) is 34.7 Å². The number of carbonyl (C=O) groups is 1. The summed E-state index contributed by atoms with van der Waals surface area (Å²) in [6, 6.07) is 0. The highest BCUT2D eigenvalue weighted by Crippen LogP contribution is 2.41. The number of esters is 1. The lowest BCUT2D eigenvalue weighted by atomic mass is 10.0. The Morgan fingerprint density at radius 2 is 2.50 bits per heavy atom. The molecule has 0 fully saturated rings. The molecule has 18 heavy (non-hydrogen) atoms. The summed E-state index contributed by atoms with van der Waals surface area (Å²) in [5.41, 5.74) is 10.4. The number of allylic oxidation sites excluding steroid dienone is 2. The minimum atomic E-state index is -0.188. The van der Waals surface area contributed by atoms with Crippen LogP contribution >= 0.6 is 0 Å². The SMILES string of the molecule is CCOC(=O)C1CC2=CNNC3=CC=NCC1=C23. The van der Waals surface area contributed by atoms with Gasteiger partial charge in [0.2, 0.25) is 0 Å². The Hall–Kier alpha value is -2.04. The van der Waals surface area contributed by atoms with Gasteiger partial charge in [0.25, 0.3) is 0 Å². The third kappa shape index (κ3) is 1.63. The zero-order chi connectivity index (χ0) is 12.5. The van der Waals surface area contributed by atoms with E-state index in [1.807, 2.05) is 19.2 Å². The summed E-state index contributed by atoms with van der Waals surface area (Å²) < 4.78 is 5.15. The van der Waals surface area contributed by atoms with E-state index in [-0.39, 0.29) is 11.9 Å². The number of aliphatic imine (C=N–C) groups is 1. The minimum absolute atomic E-state index is 0.147. The summed E-state index contributed by atoms with van der Waals surface area (Å²) in [6.45, 7) is 2.81. The molecule has 0 aromatic carbocycles. The Morgan fingerprint density at radius 1 is 1.61 bits per heavy atom. The molecule has 2 heterocycles. The van der Waals surface area contributed by atoms with Gasteiger partial charge >= 0.3 is 5.97 Å². The van der Waals surface area contributed by atoms with Gasteiger partial charge in [-0.25, -0.2) is 0 Å². The molecular weight excluding hydrogens is 230 g/mol. The Bertz CT molecular complexity index is 514. The van der Waals surface area contributed by atoms with Gasteiger partial charge in [0.05, 0.1) is 24.8 Å². The third-order valence-corrected chi connectivity index (χ3v) is 3.39. The van der Waals surface area contributed by atoms with Gasteiger partial charge in [-0.3, -0.25) is 9.79 Å². The number of ether oxygens (including phenoxy) is 1. The summed E-state index contributed by atoms with van der Waals surface area (Å²) in [6.07, 6.45) is 6.31. The second-order valence-corrected chi connectivity index (χ2v) is 4.42. The fourth-order valence-electron chi connectivity index (χ4n) is 2.63. The highest BCUT2D eigenvalue weighted by molar-refractivity contribution is 5.83. The lowest BCUT2D eigenvalue weighted by Crippen LogP contribution is -2.31. The smallest absolute Gasteiger partial charge is 0.313 e. The van der Waals surface area contributed by atoms with E-state index in [1.54, 1.807) is 6.21 Å². The molecule has 0 aromatic heterocycles. The van der Waals surface area contributed by atoms with Crippen LogP contribution in [0.5, 0.6) is 0 Å². The van der Waals surface area contributed by atoms with E-state index < -0.39 is 0 Å². The quantitative estimate of drug-likeness (QED) is 0.707. The molecule has 0 saturated carbocycles. The van der Waals surface area contributed by atoms with Crippen molar-refractivity contribution in [2.24, 2.45) is 10.9 Å². The van der Waals surface area contributed by atoms with E-state index in [0.717, 1.165) is 22.4 Å². The summed E-state index contributed by atoms with van der Waals surface area (Å²) in [5.74, 6) is -0.335. The van der Waals surface area contributed by atoms with E-state index in [0.29, 0.717) is 19.6 Å². The maximum atomic E-state index is 12.0. The lowest BCUT2D eigenvalue weighted by Gasteiger charge is -2.19. The first-order valence-electron chi connectivity index (χ1n) is 6.12. The first kappa shape index (κ1) is 11.1. The number of hydrazine groups is 1. The molecular formula is C13H15N3O2. The molecule has 1 atom stereocenters. The van der Waals surface area contributed by atoms with Gasteiger partial charge in [-0.1, -0.05) is 0 Å². The zero-order valence-corrected chi connectivity index (χ0v) is 10.2. The summed E-state index contributed by atoms with van der Waals surface area (Å²) in [4.78, 5) is 16.3. The van der Waals surface area contributed by atoms with Crippen molar-refractivity contribution < 1.29 is 9.53 Å². The molecule has 2 N–H and O–H groups in total. The van der Waals surface area contributed by atoms with Crippen LogP contribution in [0.3, 0.4) is 0 Å². The van der Waals surface area contributed by atoms with Crippen molar-refractivity contribution in [1.82, 2.24) is 10.9 Å². The molecule has 0 spiro atoms. The van der Waals surface area contributed by atoms with Crippen molar-refractivity contribution in [2.45, 2.75) is 13.3 Å². The fourth-order valence-corrected chi connectivity index (χ4v) is 2.63. The molecule has 1 aliphatic carbocycles. The second kappa shape index (κ2) is 4.33. The Morgan fingerprint density at radius 3 is 3.33 bits per heavy atom. The number of carbonyl (C=O) groups excluding carboxylic acids is 1. The lowest BCUT2D eigenvalue weighted by molar-refractivity contribution is -0.146. The summed E-state index contributed by atoms with van der Waals surface area (Å²) in [5, 5.41) is 0. The average molecular weight is 245 g/mol. The Balaban J connectivity index is 2.01. The molecule has 3 aliphatic rings. The number of hydrogen-bond donors (Lipinski definition) is 2. The van der Waals surface area contributed by atoms with Crippen LogP contribution in [0.1, 0.15) is 13.3 Å². The van der Waals surface area contributed by atoms with Crippen LogP contribution < -0.4 is 10.9 Å². The Kier molecular flexibility index (Phi) is 2.66. The van der Waals surface area contributed by atoms with Crippen LogP contribution in [0.15, 0.2) is 39.7 Å². The van der Waals surface area contributed by atoms with E-state index in [9.17, 15) is 4.79 Å². The fraction of sp³-hybridized carbons (Fsp3) is 0.385. The standard InChI is InChI=1S/C13H15N3O2/c1-2-18-13(17)9-5-8-6-15-16-11-3-4-14-7-10(9)12(8)11/h3-4,6,9,15-16H,2,5,7H2,1H3. The van der Waals surface area contributed by atoms with Crippen LogP contribution in [0, 0.1) is 5.92 Å². The van der Waals surface area contributed by atoms with Gasteiger partial charge in [0, 0.05) is 18.0 Å². The molecule has 2 aliphatic heterocycles. The molecule has 0 aromatic rings. The monoisotopic (exact) mass is 245 g/mol. The van der Waals surface area contributed by atoms with Gasteiger partial charge in [-0.15, -0.1) is 0 Å². The van der Waals surface area contributed by atoms with E-state index in [1.165, 1.54) is 0 Å². The summed E-state index contributed by atoms with van der Waals surface area (Å²) >= 11 is 0. The number of rotatable bonds is 2. The topological polar surface area (TPSA) is 62.7 Å². The largest absolute Gasteiger partial charge is 0.466 e. The van der Waals surface area contributed by atoms with E-state index >= 15 is 0 Å². The number of nitrogens with zero attached hydrogens (tertiary/aromatic N) is 1. The highest BCUT2D eigenvalue weighted by atomic mass is 16.5. The van der Waals surface area contributed by atoms with Crippen LogP contribution in [0.2, 0.25) is 0 Å². The number of hydrogen-bond acceptors (Lipinski definition) is 5. The predicted octanol–water partition coefficient (Wildman–Crippen LogP) is 0.826. The van der Waals surface area contributed by atoms with Gasteiger partial charge in [-0.05, 0) is 30.6 Å². The van der Waals surface area contributed by atoms with Crippen molar-refractivity contribution in [3.63, 3.8) is 0 Å². The van der Waals surface area contributed by atoms with Gasteiger partial charge < -0.3 is 15.6 Å².